The van der Waals surface area contributed by atoms with Gasteiger partial charge in [-0.25, -0.2) is 0 Å². The van der Waals surface area contributed by atoms with E-state index < -0.39 is 0 Å². The van der Waals surface area contributed by atoms with E-state index in [1.807, 2.05) is 55.5 Å². The molecule has 0 aliphatic carbocycles. The van der Waals surface area contributed by atoms with E-state index in [4.69, 9.17) is 11.2 Å². The van der Waals surface area contributed by atoms with Crippen molar-refractivity contribution in [1.82, 2.24) is 5.32 Å². The Labute approximate surface area is 163 Å². The summed E-state index contributed by atoms with van der Waals surface area (Å²) in [6, 6.07) is 18.4. The summed E-state index contributed by atoms with van der Waals surface area (Å²) in [6.45, 7) is 1.97. The predicted octanol–water partition coefficient (Wildman–Crippen LogP) is 3.53. The number of nitrogens with one attached hydrogen (secondary N) is 2. The Morgan fingerprint density at radius 2 is 1.82 bits per heavy atom. The van der Waals surface area contributed by atoms with E-state index >= 15 is 0 Å². The lowest BCUT2D eigenvalue weighted by atomic mass is 10.0. The summed E-state index contributed by atoms with van der Waals surface area (Å²) in [6.07, 6.45) is 5.12. The number of rotatable bonds is 6. The van der Waals surface area contributed by atoms with Crippen LogP contribution in [0.15, 0.2) is 60.7 Å². The molecule has 0 aliphatic rings. The van der Waals surface area contributed by atoms with Crippen molar-refractivity contribution in [1.29, 1.82) is 0 Å². The van der Waals surface area contributed by atoms with Gasteiger partial charge in [0, 0.05) is 16.6 Å². The summed E-state index contributed by atoms with van der Waals surface area (Å²) in [7, 11) is 0. The van der Waals surface area contributed by atoms with E-state index in [2.05, 4.69) is 16.6 Å². The average molecular weight is 372 g/mol. The van der Waals surface area contributed by atoms with Crippen molar-refractivity contribution in [3.8, 4) is 18.1 Å². The van der Waals surface area contributed by atoms with Crippen LogP contribution in [0.3, 0.4) is 0 Å². The third-order valence-corrected chi connectivity index (χ3v) is 4.15. The highest BCUT2D eigenvalue weighted by molar-refractivity contribution is 6.14. The van der Waals surface area contributed by atoms with Gasteiger partial charge in [0.25, 0.3) is 11.8 Å². The highest BCUT2D eigenvalue weighted by Crippen LogP contribution is 2.29. The van der Waals surface area contributed by atoms with Crippen LogP contribution in [0, 0.1) is 19.3 Å². The highest BCUT2D eigenvalue weighted by Gasteiger charge is 2.14. The topological polar surface area (TPSA) is 67.4 Å². The molecule has 5 nitrogen and oxygen atoms in total. The van der Waals surface area contributed by atoms with Crippen molar-refractivity contribution in [3.05, 3.63) is 71.8 Å². The van der Waals surface area contributed by atoms with Gasteiger partial charge in [-0.3, -0.25) is 9.59 Å². The van der Waals surface area contributed by atoms with Crippen LogP contribution in [0.1, 0.15) is 15.9 Å². The molecule has 0 unspecified atom stereocenters. The fourth-order valence-corrected chi connectivity index (χ4v) is 2.86. The van der Waals surface area contributed by atoms with Gasteiger partial charge in [-0.15, -0.1) is 6.42 Å². The first-order valence-electron chi connectivity index (χ1n) is 8.81. The van der Waals surface area contributed by atoms with E-state index in [0.29, 0.717) is 11.3 Å². The summed E-state index contributed by atoms with van der Waals surface area (Å²) in [5.41, 5.74) is 2.33. The van der Waals surface area contributed by atoms with Crippen LogP contribution in [0.25, 0.3) is 10.8 Å². The van der Waals surface area contributed by atoms with Gasteiger partial charge < -0.3 is 15.4 Å². The molecule has 0 aromatic heterocycles. The minimum absolute atomic E-state index is 0.152. The predicted molar refractivity (Wildman–Crippen MR) is 110 cm³/mol. The van der Waals surface area contributed by atoms with Gasteiger partial charge in [0.1, 0.15) is 5.75 Å². The SMILES string of the molecule is C#CCNC(=O)COc1ccc(C(=O)Nc2cccc(C)c2)c2ccccc12. The average Bonchev–Trinajstić information content (AvgIpc) is 2.70. The van der Waals surface area contributed by atoms with Crippen LogP contribution in [0.5, 0.6) is 5.75 Å². The molecule has 3 rings (SSSR count). The smallest absolute Gasteiger partial charge is 0.258 e. The molecule has 3 aromatic carbocycles. The summed E-state index contributed by atoms with van der Waals surface area (Å²) in [5, 5.41) is 6.97. The highest BCUT2D eigenvalue weighted by atomic mass is 16.5. The lowest BCUT2D eigenvalue weighted by Gasteiger charge is -2.13. The molecule has 0 bridgehead atoms. The van der Waals surface area contributed by atoms with Crippen LogP contribution in [-0.2, 0) is 4.79 Å². The second kappa shape index (κ2) is 8.74. The number of hydrogen-bond acceptors (Lipinski definition) is 3. The van der Waals surface area contributed by atoms with Gasteiger partial charge in [-0.1, -0.05) is 42.3 Å². The monoisotopic (exact) mass is 372 g/mol. The molecule has 0 fully saturated rings. The molecule has 0 aliphatic heterocycles. The van der Waals surface area contributed by atoms with Crippen molar-refractivity contribution in [2.45, 2.75) is 6.92 Å². The molecule has 2 amide bonds. The third kappa shape index (κ3) is 4.49. The Hall–Kier alpha value is -3.78. The van der Waals surface area contributed by atoms with Crippen molar-refractivity contribution in [2.75, 3.05) is 18.5 Å². The van der Waals surface area contributed by atoms with E-state index in [1.54, 1.807) is 12.1 Å². The van der Waals surface area contributed by atoms with Crippen molar-refractivity contribution < 1.29 is 14.3 Å². The first-order chi connectivity index (χ1) is 13.6. The standard InChI is InChI=1S/C23H20N2O3/c1-3-13-24-22(26)15-28-21-12-11-20(18-9-4-5-10-19(18)21)23(27)25-17-8-6-7-16(2)14-17/h1,4-12,14H,13,15H2,2H3,(H,24,26)(H,25,27). The molecule has 0 spiro atoms. The number of ether oxygens (including phenoxy) is 1. The molecular formula is C23H20N2O3. The van der Waals surface area contributed by atoms with Crippen LogP contribution in [0.4, 0.5) is 5.69 Å². The van der Waals surface area contributed by atoms with E-state index in [-0.39, 0.29) is 25.0 Å². The van der Waals surface area contributed by atoms with Crippen LogP contribution < -0.4 is 15.4 Å². The molecular weight excluding hydrogens is 352 g/mol. The number of carbonyl (C=O) groups excluding carboxylic acids is 2. The lowest BCUT2D eigenvalue weighted by Crippen LogP contribution is -2.29. The van der Waals surface area contributed by atoms with Crippen LogP contribution in [0.2, 0.25) is 0 Å². The van der Waals surface area contributed by atoms with Crippen molar-refractivity contribution in [3.63, 3.8) is 0 Å². The molecule has 0 saturated carbocycles. The number of fused-ring (bicyclic) bond motifs is 1. The lowest BCUT2D eigenvalue weighted by molar-refractivity contribution is -0.122. The Bertz CT molecular complexity index is 1070. The Kier molecular flexibility index (Phi) is 5.93. The van der Waals surface area contributed by atoms with E-state index in [9.17, 15) is 9.59 Å². The minimum atomic E-state index is -0.303. The zero-order valence-corrected chi connectivity index (χ0v) is 15.5. The van der Waals surface area contributed by atoms with Gasteiger partial charge >= 0.3 is 0 Å². The van der Waals surface area contributed by atoms with Gasteiger partial charge in [-0.2, -0.15) is 0 Å². The minimum Gasteiger partial charge on any atom is -0.483 e. The molecule has 28 heavy (non-hydrogen) atoms. The van der Waals surface area contributed by atoms with Gasteiger partial charge in [0.2, 0.25) is 0 Å². The zero-order chi connectivity index (χ0) is 19.9. The molecule has 0 heterocycles. The number of hydrogen-bond donors (Lipinski definition) is 2. The first kappa shape index (κ1) is 19.0. The zero-order valence-electron chi connectivity index (χ0n) is 15.5. The third-order valence-electron chi connectivity index (χ3n) is 4.15. The maximum atomic E-state index is 12.8. The molecule has 140 valence electrons. The summed E-state index contributed by atoms with van der Waals surface area (Å²) < 4.78 is 5.63. The van der Waals surface area contributed by atoms with E-state index in [0.717, 1.165) is 22.0 Å². The normalized spacial score (nSPS) is 10.1. The molecule has 5 heteroatoms. The maximum Gasteiger partial charge on any atom is 0.258 e. The van der Waals surface area contributed by atoms with Crippen molar-refractivity contribution >= 4 is 28.3 Å². The summed E-state index contributed by atoms with van der Waals surface area (Å²) in [5.74, 6) is 2.35. The second-order valence-corrected chi connectivity index (χ2v) is 6.25. The first-order valence-corrected chi connectivity index (χ1v) is 8.81. The maximum absolute atomic E-state index is 12.8. The van der Waals surface area contributed by atoms with Gasteiger partial charge in [0.15, 0.2) is 6.61 Å². The number of benzene rings is 3. The summed E-state index contributed by atoms with van der Waals surface area (Å²) in [4.78, 5) is 24.5. The molecule has 0 radical (unpaired) electrons. The number of aryl methyl sites for hydroxylation is 1. The molecule has 0 atom stereocenters. The molecule has 3 aromatic rings. The number of anilines is 1. The number of amides is 2. The second-order valence-electron chi connectivity index (χ2n) is 6.25. The van der Waals surface area contributed by atoms with E-state index in [1.165, 1.54) is 0 Å². The van der Waals surface area contributed by atoms with Gasteiger partial charge in [-0.05, 0) is 42.1 Å². The summed E-state index contributed by atoms with van der Waals surface area (Å²) >= 11 is 0. The fraction of sp³-hybridized carbons (Fsp3) is 0.130. The largest absolute Gasteiger partial charge is 0.483 e. The number of carbonyl (C=O) groups is 2. The molecule has 2 N–H and O–H groups in total. The number of terminal acetylenes is 1. The fourth-order valence-electron chi connectivity index (χ4n) is 2.86. The molecule has 0 saturated heterocycles. The van der Waals surface area contributed by atoms with Crippen LogP contribution in [-0.4, -0.2) is 25.0 Å². The van der Waals surface area contributed by atoms with Crippen LogP contribution >= 0.6 is 0 Å². The van der Waals surface area contributed by atoms with Crippen molar-refractivity contribution in [2.24, 2.45) is 0 Å². The Morgan fingerprint density at radius 1 is 1.04 bits per heavy atom. The van der Waals surface area contributed by atoms with Gasteiger partial charge in [0.05, 0.1) is 6.54 Å². The Balaban J connectivity index is 1.84. The Morgan fingerprint density at radius 3 is 2.57 bits per heavy atom. The quantitative estimate of drug-likeness (QED) is 0.651.